The molecule has 0 amide bonds. The highest BCUT2D eigenvalue weighted by Crippen LogP contribution is 2.58. The summed E-state index contributed by atoms with van der Waals surface area (Å²) in [6, 6.07) is 11.2. The highest BCUT2D eigenvalue weighted by molar-refractivity contribution is 7.99. The summed E-state index contributed by atoms with van der Waals surface area (Å²) in [5.74, 6) is 3.34. The van der Waals surface area contributed by atoms with Crippen LogP contribution < -0.4 is 5.32 Å². The van der Waals surface area contributed by atoms with Gasteiger partial charge in [-0.15, -0.1) is 0 Å². The molecule has 0 bridgehead atoms. The van der Waals surface area contributed by atoms with Crippen LogP contribution in [0.15, 0.2) is 30.3 Å². The summed E-state index contributed by atoms with van der Waals surface area (Å²) in [7, 11) is 0. The van der Waals surface area contributed by atoms with E-state index in [-0.39, 0.29) is 0 Å². The van der Waals surface area contributed by atoms with Crippen LogP contribution in [-0.2, 0) is 0 Å². The molecule has 1 aromatic carbocycles. The minimum Gasteiger partial charge on any atom is -0.316 e. The first kappa shape index (κ1) is 13.5. The van der Waals surface area contributed by atoms with Crippen molar-refractivity contribution in [3.63, 3.8) is 0 Å². The van der Waals surface area contributed by atoms with Gasteiger partial charge < -0.3 is 5.32 Å². The summed E-state index contributed by atoms with van der Waals surface area (Å²) in [5, 5.41) is 3.63. The second-order valence-electron chi connectivity index (χ2n) is 6.76. The average Bonchev–Trinajstić information content (AvgIpc) is 2.44. The number of thioether (sulfide) groups is 1. The smallest absolute Gasteiger partial charge is 0.00334 e. The standard InChI is InChI=1S/C17H25NS/c1-16(2)9-11-19-13-17(16)8-10-18-12-15(17)14-6-4-3-5-7-14/h3-7,15,18H,8-13H2,1-2H3. The third-order valence-electron chi connectivity index (χ3n) is 5.54. The Balaban J connectivity index is 2.01. The number of benzene rings is 1. The predicted octanol–water partition coefficient (Wildman–Crippen LogP) is 3.91. The maximum absolute atomic E-state index is 3.63. The molecule has 104 valence electrons. The Morgan fingerprint density at radius 2 is 1.95 bits per heavy atom. The Morgan fingerprint density at radius 3 is 2.68 bits per heavy atom. The van der Waals surface area contributed by atoms with Gasteiger partial charge in [0.2, 0.25) is 0 Å². The maximum Gasteiger partial charge on any atom is 0.00334 e. The minimum atomic E-state index is 0.459. The first-order valence-corrected chi connectivity index (χ1v) is 8.65. The molecule has 2 heterocycles. The third kappa shape index (κ3) is 2.23. The molecule has 1 aromatic rings. The number of hydrogen-bond acceptors (Lipinski definition) is 2. The Kier molecular flexibility index (Phi) is 3.65. The van der Waals surface area contributed by atoms with Crippen LogP contribution in [0.4, 0.5) is 0 Å². The minimum absolute atomic E-state index is 0.459. The molecule has 2 aliphatic heterocycles. The normalized spacial score (nSPS) is 34.3. The zero-order valence-electron chi connectivity index (χ0n) is 12.1. The van der Waals surface area contributed by atoms with Crippen molar-refractivity contribution in [2.24, 2.45) is 10.8 Å². The van der Waals surface area contributed by atoms with Crippen LogP contribution in [0.5, 0.6) is 0 Å². The van der Waals surface area contributed by atoms with Crippen molar-refractivity contribution in [1.29, 1.82) is 0 Å². The fourth-order valence-corrected chi connectivity index (χ4v) is 5.96. The summed E-state index contributed by atoms with van der Waals surface area (Å²) in [5.41, 5.74) is 2.47. The van der Waals surface area contributed by atoms with Gasteiger partial charge in [0.15, 0.2) is 0 Å². The number of hydrogen-bond donors (Lipinski definition) is 1. The fraction of sp³-hybridized carbons (Fsp3) is 0.647. The van der Waals surface area contributed by atoms with E-state index in [0.717, 1.165) is 6.54 Å². The summed E-state index contributed by atoms with van der Waals surface area (Å²) >= 11 is 2.17. The lowest BCUT2D eigenvalue weighted by molar-refractivity contribution is 0.0255. The molecule has 2 fully saturated rings. The van der Waals surface area contributed by atoms with Crippen LogP contribution >= 0.6 is 11.8 Å². The van der Waals surface area contributed by atoms with E-state index in [2.05, 4.69) is 61.3 Å². The van der Waals surface area contributed by atoms with E-state index in [1.807, 2.05) is 0 Å². The summed E-state index contributed by atoms with van der Waals surface area (Å²) in [6.45, 7) is 7.35. The van der Waals surface area contributed by atoms with Crippen molar-refractivity contribution in [2.45, 2.75) is 32.6 Å². The van der Waals surface area contributed by atoms with Crippen LogP contribution in [0.3, 0.4) is 0 Å². The molecule has 0 aromatic heterocycles. The van der Waals surface area contributed by atoms with Gasteiger partial charge in [-0.05, 0) is 41.5 Å². The summed E-state index contributed by atoms with van der Waals surface area (Å²) in [6.07, 6.45) is 2.69. The molecule has 2 heteroatoms. The van der Waals surface area contributed by atoms with E-state index in [1.165, 1.54) is 36.5 Å². The number of piperidine rings is 1. The Labute approximate surface area is 121 Å². The Hall–Kier alpha value is -0.470. The average molecular weight is 275 g/mol. The van der Waals surface area contributed by atoms with Gasteiger partial charge in [-0.2, -0.15) is 11.8 Å². The van der Waals surface area contributed by atoms with E-state index in [0.29, 0.717) is 16.7 Å². The van der Waals surface area contributed by atoms with Crippen molar-refractivity contribution in [3.8, 4) is 0 Å². The largest absolute Gasteiger partial charge is 0.316 e. The second-order valence-corrected chi connectivity index (χ2v) is 7.87. The number of nitrogens with one attached hydrogen (secondary N) is 1. The monoisotopic (exact) mass is 275 g/mol. The molecule has 2 unspecified atom stereocenters. The van der Waals surface area contributed by atoms with Gasteiger partial charge in [-0.3, -0.25) is 0 Å². The summed E-state index contributed by atoms with van der Waals surface area (Å²) in [4.78, 5) is 0. The zero-order chi connectivity index (χ0) is 13.3. The highest BCUT2D eigenvalue weighted by atomic mass is 32.2. The van der Waals surface area contributed by atoms with E-state index in [9.17, 15) is 0 Å². The molecular weight excluding hydrogens is 250 g/mol. The molecule has 2 saturated heterocycles. The van der Waals surface area contributed by atoms with Crippen molar-refractivity contribution in [1.82, 2.24) is 5.32 Å². The zero-order valence-corrected chi connectivity index (χ0v) is 12.9. The first-order chi connectivity index (χ1) is 9.16. The number of rotatable bonds is 1. The van der Waals surface area contributed by atoms with Crippen LogP contribution in [0.2, 0.25) is 0 Å². The van der Waals surface area contributed by atoms with Crippen molar-refractivity contribution in [3.05, 3.63) is 35.9 Å². The van der Waals surface area contributed by atoms with Crippen molar-refractivity contribution >= 4 is 11.8 Å². The Morgan fingerprint density at radius 1 is 1.16 bits per heavy atom. The molecule has 19 heavy (non-hydrogen) atoms. The van der Waals surface area contributed by atoms with E-state index < -0.39 is 0 Å². The van der Waals surface area contributed by atoms with Crippen LogP contribution in [-0.4, -0.2) is 24.6 Å². The Bertz CT molecular complexity index is 422. The van der Waals surface area contributed by atoms with Gasteiger partial charge in [-0.1, -0.05) is 44.2 Å². The van der Waals surface area contributed by atoms with Crippen LogP contribution in [0, 0.1) is 10.8 Å². The van der Waals surface area contributed by atoms with Gasteiger partial charge in [0.05, 0.1) is 0 Å². The molecule has 1 nitrogen and oxygen atoms in total. The van der Waals surface area contributed by atoms with Crippen molar-refractivity contribution in [2.75, 3.05) is 24.6 Å². The second kappa shape index (κ2) is 5.14. The quantitative estimate of drug-likeness (QED) is 0.834. The molecule has 1 N–H and O–H groups in total. The summed E-state index contributed by atoms with van der Waals surface area (Å²) < 4.78 is 0. The molecule has 2 aliphatic rings. The van der Waals surface area contributed by atoms with Gasteiger partial charge in [-0.25, -0.2) is 0 Å². The molecule has 0 aliphatic carbocycles. The first-order valence-electron chi connectivity index (χ1n) is 7.49. The van der Waals surface area contributed by atoms with Gasteiger partial charge >= 0.3 is 0 Å². The van der Waals surface area contributed by atoms with E-state index in [1.54, 1.807) is 0 Å². The van der Waals surface area contributed by atoms with E-state index in [4.69, 9.17) is 0 Å². The molecular formula is C17H25NS. The lowest BCUT2D eigenvalue weighted by atomic mass is 9.54. The predicted molar refractivity (Wildman–Crippen MR) is 84.8 cm³/mol. The van der Waals surface area contributed by atoms with Gasteiger partial charge in [0.1, 0.15) is 0 Å². The lowest BCUT2D eigenvalue weighted by Gasteiger charge is -2.57. The van der Waals surface area contributed by atoms with Gasteiger partial charge in [0.25, 0.3) is 0 Å². The molecule has 0 radical (unpaired) electrons. The SMILES string of the molecule is CC1(C)CCSCC12CCNCC2c1ccccc1. The van der Waals surface area contributed by atoms with E-state index >= 15 is 0 Å². The fourth-order valence-electron chi connectivity index (χ4n) is 4.06. The maximum atomic E-state index is 3.63. The van der Waals surface area contributed by atoms with Crippen molar-refractivity contribution < 1.29 is 0 Å². The molecule has 2 atom stereocenters. The van der Waals surface area contributed by atoms with Crippen LogP contribution in [0.1, 0.15) is 38.2 Å². The molecule has 0 saturated carbocycles. The molecule has 3 rings (SSSR count). The van der Waals surface area contributed by atoms with Crippen LogP contribution in [0.25, 0.3) is 0 Å². The van der Waals surface area contributed by atoms with Gasteiger partial charge in [0, 0.05) is 18.2 Å². The molecule has 1 spiro atoms. The topological polar surface area (TPSA) is 12.0 Å². The lowest BCUT2D eigenvalue weighted by Crippen LogP contribution is -2.54. The highest BCUT2D eigenvalue weighted by Gasteiger charge is 2.52. The third-order valence-corrected chi connectivity index (χ3v) is 6.76.